The highest BCUT2D eigenvalue weighted by atomic mass is 16.5. The highest BCUT2D eigenvalue weighted by Crippen LogP contribution is 2.09. The number of hydrogen-bond donors (Lipinski definition) is 1. The van der Waals surface area contributed by atoms with Gasteiger partial charge in [0.05, 0.1) is 18.7 Å². The predicted molar refractivity (Wildman–Crippen MR) is 72.5 cm³/mol. The SMILES string of the molecule is COc1cc(CNCc2cccc(C#N)c2)ccn1. The normalized spacial score (nSPS) is 9.89. The van der Waals surface area contributed by atoms with Crippen molar-refractivity contribution in [2.24, 2.45) is 0 Å². The first-order valence-electron chi connectivity index (χ1n) is 6.00. The van der Waals surface area contributed by atoms with E-state index in [4.69, 9.17) is 10.00 Å². The van der Waals surface area contributed by atoms with E-state index in [0.29, 0.717) is 11.4 Å². The van der Waals surface area contributed by atoms with Gasteiger partial charge in [0, 0.05) is 25.4 Å². The van der Waals surface area contributed by atoms with E-state index in [1.165, 1.54) is 0 Å². The zero-order valence-corrected chi connectivity index (χ0v) is 10.8. The second-order valence-corrected chi connectivity index (χ2v) is 4.12. The summed E-state index contributed by atoms with van der Waals surface area (Å²) >= 11 is 0. The van der Waals surface area contributed by atoms with Crippen LogP contribution in [0.25, 0.3) is 0 Å². The number of nitrogens with zero attached hydrogens (tertiary/aromatic N) is 2. The molecular weight excluding hydrogens is 238 g/mol. The second kappa shape index (κ2) is 6.53. The largest absolute Gasteiger partial charge is 0.481 e. The first kappa shape index (κ1) is 13.1. The zero-order chi connectivity index (χ0) is 13.5. The molecule has 19 heavy (non-hydrogen) atoms. The maximum atomic E-state index is 8.83. The molecule has 0 aliphatic carbocycles. The van der Waals surface area contributed by atoms with E-state index in [1.54, 1.807) is 19.4 Å². The van der Waals surface area contributed by atoms with Crippen LogP contribution in [0.3, 0.4) is 0 Å². The minimum Gasteiger partial charge on any atom is -0.481 e. The molecule has 1 N–H and O–H groups in total. The van der Waals surface area contributed by atoms with Crippen molar-refractivity contribution in [2.45, 2.75) is 13.1 Å². The van der Waals surface area contributed by atoms with Gasteiger partial charge in [-0.3, -0.25) is 0 Å². The van der Waals surface area contributed by atoms with Crippen molar-refractivity contribution in [2.75, 3.05) is 7.11 Å². The van der Waals surface area contributed by atoms with Gasteiger partial charge >= 0.3 is 0 Å². The number of nitrogens with one attached hydrogen (secondary N) is 1. The van der Waals surface area contributed by atoms with E-state index < -0.39 is 0 Å². The van der Waals surface area contributed by atoms with Crippen LogP contribution in [0.1, 0.15) is 16.7 Å². The summed E-state index contributed by atoms with van der Waals surface area (Å²) in [5.74, 6) is 0.616. The van der Waals surface area contributed by atoms with Gasteiger partial charge in [-0.25, -0.2) is 4.98 Å². The summed E-state index contributed by atoms with van der Waals surface area (Å²) < 4.78 is 5.07. The topological polar surface area (TPSA) is 57.9 Å². The highest BCUT2D eigenvalue weighted by molar-refractivity contribution is 5.32. The molecule has 0 fully saturated rings. The fraction of sp³-hybridized carbons (Fsp3) is 0.200. The van der Waals surface area contributed by atoms with Gasteiger partial charge in [0.2, 0.25) is 5.88 Å². The minimum atomic E-state index is 0.616. The van der Waals surface area contributed by atoms with Gasteiger partial charge < -0.3 is 10.1 Å². The van der Waals surface area contributed by atoms with Crippen LogP contribution in [0.2, 0.25) is 0 Å². The third-order valence-corrected chi connectivity index (χ3v) is 2.72. The molecule has 1 heterocycles. The van der Waals surface area contributed by atoms with Crippen LogP contribution in [0.4, 0.5) is 0 Å². The molecule has 0 bridgehead atoms. The Labute approximate surface area is 112 Å². The van der Waals surface area contributed by atoms with Crippen molar-refractivity contribution >= 4 is 0 Å². The molecule has 1 aromatic carbocycles. The first-order chi connectivity index (χ1) is 9.31. The Balaban J connectivity index is 1.90. The quantitative estimate of drug-likeness (QED) is 0.888. The lowest BCUT2D eigenvalue weighted by Crippen LogP contribution is -2.12. The van der Waals surface area contributed by atoms with Crippen molar-refractivity contribution in [3.8, 4) is 11.9 Å². The molecule has 1 aromatic heterocycles. The monoisotopic (exact) mass is 253 g/mol. The molecule has 2 rings (SSSR count). The minimum absolute atomic E-state index is 0.616. The summed E-state index contributed by atoms with van der Waals surface area (Å²) in [7, 11) is 1.60. The molecule has 0 amide bonds. The summed E-state index contributed by atoms with van der Waals surface area (Å²) in [5, 5.41) is 12.2. The average Bonchev–Trinajstić information content (AvgIpc) is 2.48. The van der Waals surface area contributed by atoms with E-state index in [2.05, 4.69) is 16.4 Å². The summed E-state index contributed by atoms with van der Waals surface area (Å²) in [6.45, 7) is 1.45. The average molecular weight is 253 g/mol. The highest BCUT2D eigenvalue weighted by Gasteiger charge is 1.98. The molecule has 4 heteroatoms. The maximum absolute atomic E-state index is 8.83. The Hall–Kier alpha value is -2.38. The van der Waals surface area contributed by atoms with Crippen molar-refractivity contribution in [1.82, 2.24) is 10.3 Å². The summed E-state index contributed by atoms with van der Waals surface area (Å²) in [5.41, 5.74) is 2.90. The van der Waals surface area contributed by atoms with Crippen molar-refractivity contribution in [3.63, 3.8) is 0 Å². The number of hydrogen-bond acceptors (Lipinski definition) is 4. The van der Waals surface area contributed by atoms with E-state index in [9.17, 15) is 0 Å². The molecule has 0 saturated carbocycles. The molecule has 0 unspecified atom stereocenters. The van der Waals surface area contributed by atoms with E-state index in [1.807, 2.05) is 30.3 Å². The van der Waals surface area contributed by atoms with Gasteiger partial charge in [-0.15, -0.1) is 0 Å². The third kappa shape index (κ3) is 3.80. The van der Waals surface area contributed by atoms with Gasteiger partial charge in [0.15, 0.2) is 0 Å². The number of pyridine rings is 1. The smallest absolute Gasteiger partial charge is 0.213 e. The van der Waals surface area contributed by atoms with Crippen molar-refractivity contribution < 1.29 is 4.74 Å². The standard InChI is InChI=1S/C15H15N3O/c1-19-15-8-14(5-6-18-15)11-17-10-13-4-2-3-12(7-13)9-16/h2-8,17H,10-11H2,1H3. The Kier molecular flexibility index (Phi) is 4.49. The van der Waals surface area contributed by atoms with Gasteiger partial charge in [-0.1, -0.05) is 12.1 Å². The fourth-order valence-corrected chi connectivity index (χ4v) is 1.77. The summed E-state index contributed by atoms with van der Waals surface area (Å²) in [6, 6.07) is 13.6. The van der Waals surface area contributed by atoms with Gasteiger partial charge in [0.25, 0.3) is 0 Å². The summed E-state index contributed by atoms with van der Waals surface area (Å²) in [4.78, 5) is 4.06. The molecule has 0 radical (unpaired) electrons. The number of benzene rings is 1. The van der Waals surface area contributed by atoms with Crippen molar-refractivity contribution in [3.05, 3.63) is 59.3 Å². The molecule has 2 aromatic rings. The molecule has 0 aliphatic rings. The molecule has 0 aliphatic heterocycles. The lowest BCUT2D eigenvalue weighted by atomic mass is 10.1. The number of rotatable bonds is 5. The molecule has 0 saturated heterocycles. The lowest BCUT2D eigenvalue weighted by molar-refractivity contribution is 0.397. The Bertz CT molecular complexity index is 590. The third-order valence-electron chi connectivity index (χ3n) is 2.72. The van der Waals surface area contributed by atoms with E-state index in [0.717, 1.165) is 24.2 Å². The second-order valence-electron chi connectivity index (χ2n) is 4.12. The molecule has 4 nitrogen and oxygen atoms in total. The predicted octanol–water partition coefficient (Wildman–Crippen LogP) is 2.25. The number of methoxy groups -OCH3 is 1. The molecular formula is C15H15N3O. The fourth-order valence-electron chi connectivity index (χ4n) is 1.77. The van der Waals surface area contributed by atoms with Crippen LogP contribution in [0.15, 0.2) is 42.6 Å². The molecule has 0 atom stereocenters. The van der Waals surface area contributed by atoms with Crippen LogP contribution in [0.5, 0.6) is 5.88 Å². The molecule has 0 spiro atoms. The van der Waals surface area contributed by atoms with E-state index in [-0.39, 0.29) is 0 Å². The number of aromatic nitrogens is 1. The van der Waals surface area contributed by atoms with Gasteiger partial charge in [0.1, 0.15) is 0 Å². The number of ether oxygens (including phenoxy) is 1. The van der Waals surface area contributed by atoms with Crippen molar-refractivity contribution in [1.29, 1.82) is 5.26 Å². The van der Waals surface area contributed by atoms with Gasteiger partial charge in [-0.05, 0) is 29.3 Å². The van der Waals surface area contributed by atoms with Crippen LogP contribution in [-0.2, 0) is 13.1 Å². The zero-order valence-electron chi connectivity index (χ0n) is 10.8. The molecule has 96 valence electrons. The Morgan fingerprint density at radius 1 is 1.21 bits per heavy atom. The van der Waals surface area contributed by atoms with Crippen LogP contribution >= 0.6 is 0 Å². The van der Waals surface area contributed by atoms with Crippen LogP contribution in [0, 0.1) is 11.3 Å². The summed E-state index contributed by atoms with van der Waals surface area (Å²) in [6.07, 6.45) is 1.73. The number of nitriles is 1. The van der Waals surface area contributed by atoms with Crippen LogP contribution in [-0.4, -0.2) is 12.1 Å². The Morgan fingerprint density at radius 2 is 2.00 bits per heavy atom. The maximum Gasteiger partial charge on any atom is 0.213 e. The van der Waals surface area contributed by atoms with E-state index >= 15 is 0 Å². The Morgan fingerprint density at radius 3 is 2.74 bits per heavy atom. The lowest BCUT2D eigenvalue weighted by Gasteiger charge is -2.06. The van der Waals surface area contributed by atoms with Crippen LogP contribution < -0.4 is 10.1 Å². The first-order valence-corrected chi connectivity index (χ1v) is 6.00. The van der Waals surface area contributed by atoms with Gasteiger partial charge in [-0.2, -0.15) is 5.26 Å².